The number of tetrazole rings is 1. The molecule has 0 radical (unpaired) electrons. The number of rotatable bonds is 7. The van der Waals surface area contributed by atoms with Crippen LogP contribution < -0.4 is 10.5 Å². The Balaban J connectivity index is 1.67. The van der Waals surface area contributed by atoms with Gasteiger partial charge in [0.15, 0.2) is 11.6 Å². The number of carbonyl (C=O) groups is 1. The molecule has 0 unspecified atom stereocenters. The monoisotopic (exact) mass is 392 g/mol. The van der Waals surface area contributed by atoms with Crippen LogP contribution in [0.5, 0.6) is 11.6 Å². The smallest absolute Gasteiger partial charge is 0.304 e. The van der Waals surface area contributed by atoms with Crippen molar-refractivity contribution in [3.8, 4) is 17.3 Å². The van der Waals surface area contributed by atoms with Gasteiger partial charge in [0.25, 0.3) is 5.88 Å². The maximum absolute atomic E-state index is 13.7. The molecule has 0 fully saturated rings. The van der Waals surface area contributed by atoms with E-state index in [0.717, 1.165) is 6.07 Å². The second-order valence-electron chi connectivity index (χ2n) is 5.59. The van der Waals surface area contributed by atoms with Crippen LogP contribution in [0.1, 0.15) is 12.2 Å². The SMILES string of the molecule is N[C@H](CC(=O)O)Cc1nnn(-c2ccc(Oc3ncc(Cl)cc3F)cc2)n1. The number of carboxylic acids is 1. The molecule has 0 aliphatic heterocycles. The van der Waals surface area contributed by atoms with Gasteiger partial charge in [0.05, 0.1) is 17.1 Å². The number of ether oxygens (including phenoxy) is 1. The Kier molecular flexibility index (Phi) is 5.57. The number of aliphatic carboxylic acids is 1. The van der Waals surface area contributed by atoms with E-state index in [0.29, 0.717) is 17.3 Å². The number of benzene rings is 1. The van der Waals surface area contributed by atoms with Crippen molar-refractivity contribution < 1.29 is 19.0 Å². The third-order valence-corrected chi connectivity index (χ3v) is 3.60. The summed E-state index contributed by atoms with van der Waals surface area (Å²) < 4.78 is 19.1. The molecule has 0 saturated heterocycles. The van der Waals surface area contributed by atoms with Gasteiger partial charge in [-0.2, -0.15) is 0 Å². The number of hydrogen-bond acceptors (Lipinski definition) is 7. The Bertz CT molecular complexity index is 950. The van der Waals surface area contributed by atoms with Crippen LogP contribution in [-0.4, -0.2) is 42.3 Å². The number of hydrogen-bond donors (Lipinski definition) is 2. The number of nitrogens with two attached hydrogens (primary N) is 1. The molecule has 11 heteroatoms. The zero-order chi connectivity index (χ0) is 19.4. The summed E-state index contributed by atoms with van der Waals surface area (Å²) in [6, 6.07) is 6.97. The van der Waals surface area contributed by atoms with Crippen molar-refractivity contribution in [2.24, 2.45) is 5.73 Å². The van der Waals surface area contributed by atoms with Crippen LogP contribution in [0.2, 0.25) is 5.02 Å². The highest BCUT2D eigenvalue weighted by Gasteiger charge is 2.13. The summed E-state index contributed by atoms with van der Waals surface area (Å²) in [4.78, 5) is 15.7. The number of halogens is 2. The largest absolute Gasteiger partial charge is 0.481 e. The van der Waals surface area contributed by atoms with Crippen LogP contribution in [-0.2, 0) is 11.2 Å². The first-order valence-corrected chi connectivity index (χ1v) is 8.14. The van der Waals surface area contributed by atoms with Crippen molar-refractivity contribution >= 4 is 17.6 Å². The molecule has 0 aliphatic carbocycles. The van der Waals surface area contributed by atoms with Crippen molar-refractivity contribution in [2.75, 3.05) is 0 Å². The molecule has 2 heterocycles. The van der Waals surface area contributed by atoms with Crippen LogP contribution >= 0.6 is 11.6 Å². The molecule has 0 saturated carbocycles. The van der Waals surface area contributed by atoms with E-state index in [1.165, 1.54) is 11.0 Å². The Labute approximate surface area is 157 Å². The van der Waals surface area contributed by atoms with Crippen molar-refractivity contribution in [3.05, 3.63) is 53.2 Å². The Morgan fingerprint density at radius 1 is 1.37 bits per heavy atom. The van der Waals surface area contributed by atoms with E-state index in [9.17, 15) is 9.18 Å². The lowest BCUT2D eigenvalue weighted by atomic mass is 10.1. The number of nitrogens with zero attached hydrogens (tertiary/aromatic N) is 5. The molecule has 140 valence electrons. The molecule has 1 aromatic carbocycles. The minimum absolute atomic E-state index is 0.173. The molecular formula is C16H14ClFN6O3. The summed E-state index contributed by atoms with van der Waals surface area (Å²) in [5.41, 5.74) is 6.29. The summed E-state index contributed by atoms with van der Waals surface area (Å²) in [5, 5.41) is 20.8. The molecule has 3 aromatic rings. The predicted octanol–water partition coefficient (Wildman–Crippen LogP) is 1.99. The summed E-state index contributed by atoms with van der Waals surface area (Å²) >= 11 is 5.65. The van der Waals surface area contributed by atoms with Gasteiger partial charge < -0.3 is 15.6 Å². The highest BCUT2D eigenvalue weighted by atomic mass is 35.5. The van der Waals surface area contributed by atoms with Gasteiger partial charge in [0.2, 0.25) is 0 Å². The highest BCUT2D eigenvalue weighted by molar-refractivity contribution is 6.30. The van der Waals surface area contributed by atoms with E-state index in [4.69, 9.17) is 27.2 Å². The zero-order valence-electron chi connectivity index (χ0n) is 13.8. The second kappa shape index (κ2) is 8.06. The van der Waals surface area contributed by atoms with Crippen molar-refractivity contribution in [3.63, 3.8) is 0 Å². The second-order valence-corrected chi connectivity index (χ2v) is 6.03. The van der Waals surface area contributed by atoms with Gasteiger partial charge in [-0.15, -0.1) is 15.0 Å². The lowest BCUT2D eigenvalue weighted by Crippen LogP contribution is -2.26. The Hall–Kier alpha value is -3.11. The minimum atomic E-state index is -0.989. The van der Waals surface area contributed by atoms with Crippen LogP contribution in [0.25, 0.3) is 5.69 Å². The quantitative estimate of drug-likeness (QED) is 0.624. The fraction of sp³-hybridized carbons (Fsp3) is 0.188. The Morgan fingerprint density at radius 3 is 2.78 bits per heavy atom. The molecule has 9 nitrogen and oxygen atoms in total. The molecule has 0 bridgehead atoms. The minimum Gasteiger partial charge on any atom is -0.481 e. The molecule has 2 aromatic heterocycles. The van der Waals surface area contributed by atoms with Crippen LogP contribution in [0.4, 0.5) is 4.39 Å². The summed E-state index contributed by atoms with van der Waals surface area (Å²) in [7, 11) is 0. The van der Waals surface area contributed by atoms with Gasteiger partial charge in [0, 0.05) is 18.7 Å². The first-order valence-electron chi connectivity index (χ1n) is 7.76. The summed E-state index contributed by atoms with van der Waals surface area (Å²) in [5.74, 6) is -1.17. The summed E-state index contributed by atoms with van der Waals surface area (Å²) in [6.07, 6.45) is 1.29. The van der Waals surface area contributed by atoms with Crippen molar-refractivity contribution in [2.45, 2.75) is 18.9 Å². The van der Waals surface area contributed by atoms with Gasteiger partial charge in [-0.3, -0.25) is 4.79 Å². The lowest BCUT2D eigenvalue weighted by Gasteiger charge is -2.06. The first-order chi connectivity index (χ1) is 12.9. The average molecular weight is 393 g/mol. The van der Waals surface area contributed by atoms with E-state index < -0.39 is 17.8 Å². The zero-order valence-corrected chi connectivity index (χ0v) is 14.5. The topological polar surface area (TPSA) is 129 Å². The molecule has 3 rings (SSSR count). The summed E-state index contributed by atoms with van der Waals surface area (Å²) in [6.45, 7) is 0. The van der Waals surface area contributed by atoms with Crippen molar-refractivity contribution in [1.82, 2.24) is 25.2 Å². The molecule has 0 amide bonds. The first kappa shape index (κ1) is 18.7. The molecule has 0 spiro atoms. The number of carboxylic acid groups (broad SMARTS) is 1. The van der Waals surface area contributed by atoms with Gasteiger partial charge in [-0.05, 0) is 35.5 Å². The van der Waals surface area contributed by atoms with E-state index in [1.807, 2.05) is 0 Å². The normalized spacial score (nSPS) is 12.0. The van der Waals surface area contributed by atoms with E-state index >= 15 is 0 Å². The van der Waals surface area contributed by atoms with Gasteiger partial charge >= 0.3 is 5.97 Å². The average Bonchev–Trinajstić information content (AvgIpc) is 3.05. The van der Waals surface area contributed by atoms with Gasteiger partial charge in [-0.25, -0.2) is 9.37 Å². The molecule has 3 N–H and O–H groups in total. The fourth-order valence-electron chi connectivity index (χ4n) is 2.20. The number of pyridine rings is 1. The molecular weight excluding hydrogens is 379 g/mol. The van der Waals surface area contributed by atoms with Crippen LogP contribution in [0.3, 0.4) is 0 Å². The molecule has 1 atom stereocenters. The molecule has 0 aliphatic rings. The maximum Gasteiger partial charge on any atom is 0.304 e. The third kappa shape index (κ3) is 4.96. The van der Waals surface area contributed by atoms with Crippen LogP contribution in [0.15, 0.2) is 36.5 Å². The van der Waals surface area contributed by atoms with Gasteiger partial charge in [0.1, 0.15) is 5.75 Å². The van der Waals surface area contributed by atoms with Crippen molar-refractivity contribution in [1.29, 1.82) is 0 Å². The third-order valence-electron chi connectivity index (χ3n) is 3.39. The van der Waals surface area contributed by atoms with E-state index in [-0.39, 0.29) is 23.7 Å². The van der Waals surface area contributed by atoms with Crippen LogP contribution in [0, 0.1) is 5.82 Å². The standard InChI is InChI=1S/C16H14ClFN6O3/c17-9-5-13(18)16(20-8-9)27-12-3-1-11(2-4-12)24-22-14(21-23-24)6-10(19)7-15(25)26/h1-5,8,10H,6-7,19H2,(H,25,26)/t10-/m0/s1. The lowest BCUT2D eigenvalue weighted by molar-refractivity contribution is -0.137. The van der Waals surface area contributed by atoms with E-state index in [1.54, 1.807) is 24.3 Å². The number of aromatic nitrogens is 5. The predicted molar refractivity (Wildman–Crippen MR) is 92.4 cm³/mol. The van der Waals surface area contributed by atoms with E-state index in [2.05, 4.69) is 20.4 Å². The maximum atomic E-state index is 13.7. The fourth-order valence-corrected chi connectivity index (χ4v) is 2.35. The molecule has 27 heavy (non-hydrogen) atoms. The van der Waals surface area contributed by atoms with Gasteiger partial charge in [-0.1, -0.05) is 11.6 Å². The Morgan fingerprint density at radius 2 is 2.11 bits per heavy atom. The highest BCUT2D eigenvalue weighted by Crippen LogP contribution is 2.24.